The molecular weight excluding hydrogens is 368 g/mol. The number of nitrogens with zero attached hydrogens (tertiary/aromatic N) is 2. The summed E-state index contributed by atoms with van der Waals surface area (Å²) in [6.45, 7) is 2.10. The van der Waals surface area contributed by atoms with Crippen molar-refractivity contribution in [3.63, 3.8) is 0 Å². The number of rotatable bonds is 6. The molecule has 1 aromatic carbocycles. The molecule has 0 atom stereocenters. The number of carbonyl (C=O) groups excluding carboxylic acids is 1. The van der Waals surface area contributed by atoms with Crippen molar-refractivity contribution in [1.82, 2.24) is 9.97 Å². The molecule has 1 aliphatic rings. The molecule has 9 heteroatoms. The van der Waals surface area contributed by atoms with E-state index in [9.17, 15) is 13.2 Å². The van der Waals surface area contributed by atoms with Gasteiger partial charge < -0.3 is 10.1 Å². The molecule has 27 heavy (non-hydrogen) atoms. The number of hydrogen-bond acceptors (Lipinski definition) is 7. The van der Waals surface area contributed by atoms with Crippen LogP contribution in [-0.2, 0) is 25.0 Å². The first-order valence-corrected chi connectivity index (χ1v) is 10.3. The van der Waals surface area contributed by atoms with Crippen LogP contribution in [0, 0.1) is 0 Å². The molecule has 1 aliphatic carbocycles. The maximum absolute atomic E-state index is 12.6. The number of esters is 1. The normalized spacial score (nSPS) is 16.1. The number of primary sulfonamides is 1. The number of aromatic nitrogens is 2. The SMILES string of the molecule is CCOC(=O)C1(c2ccnc(Nc3cccc(S(N)(=O)=O)c3)n2)CCCC1. The van der Waals surface area contributed by atoms with Gasteiger partial charge in [0.05, 0.1) is 17.2 Å². The number of sulfonamides is 1. The van der Waals surface area contributed by atoms with E-state index in [2.05, 4.69) is 15.3 Å². The Morgan fingerprint density at radius 1 is 1.30 bits per heavy atom. The van der Waals surface area contributed by atoms with Crippen LogP contribution in [0.3, 0.4) is 0 Å². The predicted octanol–water partition coefficient (Wildman–Crippen LogP) is 2.24. The summed E-state index contributed by atoms with van der Waals surface area (Å²) >= 11 is 0. The lowest BCUT2D eigenvalue weighted by molar-refractivity contribution is -0.150. The molecule has 2 aromatic rings. The fourth-order valence-corrected chi connectivity index (χ4v) is 3.94. The summed E-state index contributed by atoms with van der Waals surface area (Å²) in [4.78, 5) is 21.3. The Bertz CT molecular complexity index is 940. The van der Waals surface area contributed by atoms with Gasteiger partial charge in [-0.3, -0.25) is 4.79 Å². The van der Waals surface area contributed by atoms with E-state index in [1.165, 1.54) is 12.1 Å². The lowest BCUT2D eigenvalue weighted by Gasteiger charge is -2.26. The van der Waals surface area contributed by atoms with Crippen molar-refractivity contribution in [3.05, 3.63) is 42.2 Å². The summed E-state index contributed by atoms with van der Waals surface area (Å²) in [5.41, 5.74) is 0.339. The highest BCUT2D eigenvalue weighted by Gasteiger charge is 2.45. The topological polar surface area (TPSA) is 124 Å². The van der Waals surface area contributed by atoms with Crippen LogP contribution in [-0.4, -0.2) is 31.0 Å². The van der Waals surface area contributed by atoms with E-state index in [1.807, 2.05) is 0 Å². The van der Waals surface area contributed by atoms with Crippen molar-refractivity contribution >= 4 is 27.6 Å². The van der Waals surface area contributed by atoms with Crippen LogP contribution < -0.4 is 10.5 Å². The maximum atomic E-state index is 12.6. The second kappa shape index (κ2) is 7.61. The maximum Gasteiger partial charge on any atom is 0.318 e. The third kappa shape index (κ3) is 4.09. The van der Waals surface area contributed by atoms with Crippen LogP contribution in [0.25, 0.3) is 0 Å². The average molecular weight is 390 g/mol. The minimum absolute atomic E-state index is 0.0116. The number of carbonyl (C=O) groups is 1. The number of anilines is 2. The van der Waals surface area contributed by atoms with E-state index in [0.717, 1.165) is 12.8 Å². The minimum atomic E-state index is -3.81. The fourth-order valence-electron chi connectivity index (χ4n) is 3.38. The van der Waals surface area contributed by atoms with E-state index in [4.69, 9.17) is 9.88 Å². The summed E-state index contributed by atoms with van der Waals surface area (Å²) < 4.78 is 28.3. The molecule has 144 valence electrons. The van der Waals surface area contributed by atoms with Gasteiger partial charge in [0.25, 0.3) is 0 Å². The van der Waals surface area contributed by atoms with Gasteiger partial charge in [0.15, 0.2) is 0 Å². The quantitative estimate of drug-likeness (QED) is 0.725. The number of ether oxygens (including phenoxy) is 1. The van der Waals surface area contributed by atoms with E-state index in [0.29, 0.717) is 30.8 Å². The van der Waals surface area contributed by atoms with Crippen LogP contribution in [0.5, 0.6) is 0 Å². The van der Waals surface area contributed by atoms with E-state index in [1.54, 1.807) is 31.3 Å². The monoisotopic (exact) mass is 390 g/mol. The lowest BCUT2D eigenvalue weighted by Crippen LogP contribution is -2.35. The largest absolute Gasteiger partial charge is 0.465 e. The van der Waals surface area contributed by atoms with Crippen LogP contribution in [0.4, 0.5) is 11.6 Å². The first kappa shape index (κ1) is 19.2. The molecule has 0 radical (unpaired) electrons. The van der Waals surface area contributed by atoms with Gasteiger partial charge in [-0.15, -0.1) is 0 Å². The number of benzene rings is 1. The third-order valence-electron chi connectivity index (χ3n) is 4.69. The van der Waals surface area contributed by atoms with Crippen LogP contribution in [0.15, 0.2) is 41.4 Å². The van der Waals surface area contributed by atoms with Crippen molar-refractivity contribution in [2.75, 3.05) is 11.9 Å². The number of nitrogens with one attached hydrogen (secondary N) is 1. The van der Waals surface area contributed by atoms with Gasteiger partial charge in [-0.1, -0.05) is 18.9 Å². The molecule has 8 nitrogen and oxygen atoms in total. The zero-order valence-corrected chi connectivity index (χ0v) is 15.8. The van der Waals surface area contributed by atoms with E-state index >= 15 is 0 Å². The van der Waals surface area contributed by atoms with Crippen LogP contribution in [0.2, 0.25) is 0 Å². The summed E-state index contributed by atoms with van der Waals surface area (Å²) in [5, 5.41) is 8.14. The summed E-state index contributed by atoms with van der Waals surface area (Å²) in [6.07, 6.45) is 4.81. The first-order chi connectivity index (χ1) is 12.8. The standard InChI is InChI=1S/C18H22N4O4S/c1-2-26-16(23)18(9-3-4-10-18)15-8-11-20-17(22-15)21-13-6-5-7-14(12-13)27(19,24)25/h5-8,11-12H,2-4,9-10H2,1H3,(H2,19,24,25)(H,20,21,22). The Morgan fingerprint density at radius 2 is 2.04 bits per heavy atom. The second-order valence-electron chi connectivity index (χ2n) is 6.47. The molecule has 1 heterocycles. The fraction of sp³-hybridized carbons (Fsp3) is 0.389. The van der Waals surface area contributed by atoms with Crippen LogP contribution in [0.1, 0.15) is 38.3 Å². The highest BCUT2D eigenvalue weighted by molar-refractivity contribution is 7.89. The van der Waals surface area contributed by atoms with Crippen molar-refractivity contribution in [1.29, 1.82) is 0 Å². The Hall–Kier alpha value is -2.52. The molecule has 1 aromatic heterocycles. The molecule has 1 saturated carbocycles. The average Bonchev–Trinajstić information content (AvgIpc) is 3.13. The van der Waals surface area contributed by atoms with Crippen molar-refractivity contribution < 1.29 is 17.9 Å². The highest BCUT2D eigenvalue weighted by Crippen LogP contribution is 2.41. The van der Waals surface area contributed by atoms with Crippen molar-refractivity contribution in [2.45, 2.75) is 42.9 Å². The summed E-state index contributed by atoms with van der Waals surface area (Å²) in [7, 11) is -3.81. The van der Waals surface area contributed by atoms with Crippen LogP contribution >= 0.6 is 0 Å². The Kier molecular flexibility index (Phi) is 5.43. The Morgan fingerprint density at radius 3 is 2.70 bits per heavy atom. The molecular formula is C18H22N4O4S. The highest BCUT2D eigenvalue weighted by atomic mass is 32.2. The molecule has 1 fully saturated rings. The van der Waals surface area contributed by atoms with Gasteiger partial charge in [0.1, 0.15) is 5.41 Å². The Labute approximate surface area is 158 Å². The molecule has 3 rings (SSSR count). The smallest absolute Gasteiger partial charge is 0.318 e. The third-order valence-corrected chi connectivity index (χ3v) is 5.60. The molecule has 0 saturated heterocycles. The number of hydrogen-bond donors (Lipinski definition) is 2. The van der Waals surface area contributed by atoms with Gasteiger partial charge in [-0.25, -0.2) is 23.5 Å². The second-order valence-corrected chi connectivity index (χ2v) is 8.03. The zero-order valence-electron chi connectivity index (χ0n) is 15.0. The molecule has 0 spiro atoms. The Balaban J connectivity index is 1.91. The molecule has 0 amide bonds. The zero-order chi connectivity index (χ0) is 19.5. The van der Waals surface area contributed by atoms with E-state index < -0.39 is 15.4 Å². The number of nitrogens with two attached hydrogens (primary N) is 1. The van der Waals surface area contributed by atoms with Gasteiger partial charge in [0.2, 0.25) is 16.0 Å². The van der Waals surface area contributed by atoms with Crippen molar-refractivity contribution in [2.24, 2.45) is 5.14 Å². The molecule has 0 aliphatic heterocycles. The van der Waals surface area contributed by atoms with Gasteiger partial charge in [-0.05, 0) is 44.0 Å². The van der Waals surface area contributed by atoms with Gasteiger partial charge in [0, 0.05) is 11.9 Å². The lowest BCUT2D eigenvalue weighted by atomic mass is 9.82. The molecule has 0 bridgehead atoms. The summed E-state index contributed by atoms with van der Waals surface area (Å²) in [5.74, 6) is 0.0121. The van der Waals surface area contributed by atoms with Crippen molar-refractivity contribution in [3.8, 4) is 0 Å². The molecule has 0 unspecified atom stereocenters. The summed E-state index contributed by atoms with van der Waals surface area (Å²) in [6, 6.07) is 7.80. The minimum Gasteiger partial charge on any atom is -0.465 e. The van der Waals surface area contributed by atoms with Gasteiger partial charge >= 0.3 is 5.97 Å². The first-order valence-electron chi connectivity index (χ1n) is 8.76. The molecule has 3 N–H and O–H groups in total. The predicted molar refractivity (Wildman–Crippen MR) is 99.9 cm³/mol. The van der Waals surface area contributed by atoms with Gasteiger partial charge in [-0.2, -0.15) is 0 Å². The van der Waals surface area contributed by atoms with E-state index in [-0.39, 0.29) is 16.8 Å².